The molecule has 0 spiro atoms. The third-order valence-corrected chi connectivity index (χ3v) is 6.54. The number of fused-ring (bicyclic) bond motifs is 3. The Morgan fingerprint density at radius 1 is 0.943 bits per heavy atom. The number of rotatable bonds is 2. The third kappa shape index (κ3) is 4.40. The summed E-state index contributed by atoms with van der Waals surface area (Å²) in [6.07, 6.45) is 5.53. The molecule has 0 aliphatic heterocycles. The van der Waals surface area contributed by atoms with E-state index >= 15 is 0 Å². The van der Waals surface area contributed by atoms with E-state index in [1.54, 1.807) is 0 Å². The summed E-state index contributed by atoms with van der Waals surface area (Å²) < 4.78 is 0. The number of pyridine rings is 1. The van der Waals surface area contributed by atoms with Crippen LogP contribution in [0.25, 0.3) is 45.4 Å². The van der Waals surface area contributed by atoms with Crippen LogP contribution >= 0.6 is 0 Å². The van der Waals surface area contributed by atoms with Crippen LogP contribution in [0.4, 0.5) is 0 Å². The largest absolute Gasteiger partial charge is 0.512 e. The number of ketones is 1. The summed E-state index contributed by atoms with van der Waals surface area (Å²) in [4.78, 5) is 15.0. The molecule has 0 amide bonds. The molecule has 1 aromatic heterocycles. The van der Waals surface area contributed by atoms with Crippen LogP contribution in [0.2, 0.25) is 0 Å². The van der Waals surface area contributed by atoms with Gasteiger partial charge in [0.15, 0.2) is 5.78 Å². The van der Waals surface area contributed by atoms with Crippen molar-refractivity contribution in [3.63, 3.8) is 0 Å². The molecule has 0 atom stereocenters. The molecule has 6 rings (SSSR count). The molecule has 4 heteroatoms. The zero-order valence-electron chi connectivity index (χ0n) is 20.1. The second-order valence-corrected chi connectivity index (χ2v) is 9.41. The normalized spacial score (nSPS) is 14.0. The summed E-state index contributed by atoms with van der Waals surface area (Å²) in [5, 5.41) is 9.62. The first-order valence-corrected chi connectivity index (χ1v) is 11.4. The fourth-order valence-electron chi connectivity index (χ4n) is 5.02. The van der Waals surface area contributed by atoms with E-state index in [0.29, 0.717) is 0 Å². The first-order valence-electron chi connectivity index (χ1n) is 11.4. The molecule has 1 radical (unpaired) electrons. The fraction of sp³-hybridized carbons (Fsp3) is 0.161. The van der Waals surface area contributed by atoms with Gasteiger partial charge < -0.3 is 5.11 Å². The van der Waals surface area contributed by atoms with E-state index in [2.05, 4.69) is 92.7 Å². The number of carbonyl (C=O) groups excluding carboxylic acids is 1. The van der Waals surface area contributed by atoms with E-state index in [-0.39, 0.29) is 37.1 Å². The van der Waals surface area contributed by atoms with Crippen LogP contribution in [0.5, 0.6) is 0 Å². The van der Waals surface area contributed by atoms with Gasteiger partial charge in [0.25, 0.3) is 0 Å². The van der Waals surface area contributed by atoms with Crippen molar-refractivity contribution >= 4 is 28.8 Å². The topological polar surface area (TPSA) is 50.2 Å². The zero-order valence-corrected chi connectivity index (χ0v) is 22.5. The van der Waals surface area contributed by atoms with Crippen LogP contribution in [0.3, 0.4) is 0 Å². The average Bonchev–Trinajstić information content (AvgIpc) is 3.31. The Hall–Kier alpha value is -3.33. The van der Waals surface area contributed by atoms with E-state index in [4.69, 9.17) is 10.1 Å². The van der Waals surface area contributed by atoms with E-state index < -0.39 is 0 Å². The molecular weight excluding hydrogens is 611 g/mol. The minimum absolute atomic E-state index is 0. The molecule has 0 bridgehead atoms. The van der Waals surface area contributed by atoms with Crippen molar-refractivity contribution in [1.82, 2.24) is 4.98 Å². The van der Waals surface area contributed by atoms with Gasteiger partial charge >= 0.3 is 0 Å². The molecule has 2 aliphatic rings. The monoisotopic (exact) mass is 637 g/mol. The molecule has 1 heterocycles. The number of carbonyl (C=O) groups is 1. The molecule has 35 heavy (non-hydrogen) atoms. The molecular formula is C31H26IrNO2-. The van der Waals surface area contributed by atoms with Crippen LogP contribution < -0.4 is 0 Å². The second-order valence-electron chi connectivity index (χ2n) is 9.41. The van der Waals surface area contributed by atoms with Crippen molar-refractivity contribution in [1.29, 1.82) is 0 Å². The van der Waals surface area contributed by atoms with Crippen LogP contribution in [-0.4, -0.2) is 15.9 Å². The van der Waals surface area contributed by atoms with E-state index in [1.807, 2.05) is 0 Å². The Bertz CT molecular complexity index is 1520. The van der Waals surface area contributed by atoms with Crippen molar-refractivity contribution in [3.8, 4) is 22.4 Å². The van der Waals surface area contributed by atoms with Gasteiger partial charge in [0.1, 0.15) is 0 Å². The summed E-state index contributed by atoms with van der Waals surface area (Å²) in [6, 6.07) is 25.2. The minimum atomic E-state index is -0.125. The van der Waals surface area contributed by atoms with Crippen molar-refractivity contribution in [2.24, 2.45) is 0 Å². The first-order chi connectivity index (χ1) is 16.3. The maximum atomic E-state index is 10.0. The van der Waals surface area contributed by atoms with Crippen molar-refractivity contribution < 1.29 is 30.0 Å². The van der Waals surface area contributed by atoms with Gasteiger partial charge in [0, 0.05) is 31.6 Å². The number of allylic oxidation sites excluding steroid dienone is 2. The summed E-state index contributed by atoms with van der Waals surface area (Å²) in [5.41, 5.74) is 11.0. The van der Waals surface area contributed by atoms with Gasteiger partial charge in [0.2, 0.25) is 0 Å². The predicted octanol–water partition coefficient (Wildman–Crippen LogP) is 7.53. The van der Waals surface area contributed by atoms with Crippen LogP contribution in [0, 0.1) is 6.07 Å². The molecule has 0 unspecified atom stereocenters. The van der Waals surface area contributed by atoms with Gasteiger partial charge in [-0.15, -0.1) is 29.3 Å². The van der Waals surface area contributed by atoms with Gasteiger partial charge in [-0.05, 0) is 53.3 Å². The van der Waals surface area contributed by atoms with Gasteiger partial charge in [-0.25, -0.2) is 0 Å². The van der Waals surface area contributed by atoms with Crippen LogP contribution in [0.1, 0.15) is 49.9 Å². The standard InChI is InChI=1S/C26H18N.C5H8O2.Ir/c1-26(2)21-8-4-3-7-19(21)20-14-17(12-13-22(20)26)24-15-18-11-10-16-6-5-9-23(27-24)25(16)18;1-4(6)3-5(2)7;/h3-11,13-15H,1-2H3;3,6H,1-2H3;/q-1;;. The van der Waals surface area contributed by atoms with Crippen molar-refractivity contribution in [2.75, 3.05) is 0 Å². The molecule has 3 nitrogen and oxygen atoms in total. The molecule has 3 aromatic carbocycles. The number of aliphatic hydroxyl groups is 1. The van der Waals surface area contributed by atoms with Crippen molar-refractivity contribution in [3.05, 3.63) is 101 Å². The van der Waals surface area contributed by atoms with E-state index in [0.717, 1.165) is 16.8 Å². The molecule has 1 N–H and O–H groups in total. The fourth-order valence-corrected chi connectivity index (χ4v) is 5.02. The first kappa shape index (κ1) is 24.8. The molecule has 4 aromatic rings. The Morgan fingerprint density at radius 3 is 2.40 bits per heavy atom. The Balaban J connectivity index is 0.000000320. The molecule has 2 aliphatic carbocycles. The number of hydrogen-bond acceptors (Lipinski definition) is 3. The summed E-state index contributed by atoms with van der Waals surface area (Å²) in [6.45, 7) is 7.44. The molecule has 177 valence electrons. The number of aromatic nitrogens is 1. The number of hydrogen-bond donors (Lipinski definition) is 1. The minimum Gasteiger partial charge on any atom is -0.512 e. The van der Waals surface area contributed by atoms with Gasteiger partial charge in [-0.2, -0.15) is 0 Å². The molecule has 0 fully saturated rings. The predicted molar refractivity (Wildman–Crippen MR) is 140 cm³/mol. The van der Waals surface area contributed by atoms with Gasteiger partial charge in [0.05, 0.1) is 11.3 Å². The maximum absolute atomic E-state index is 10.0. The average molecular weight is 637 g/mol. The van der Waals surface area contributed by atoms with Crippen LogP contribution in [0.15, 0.2) is 72.5 Å². The van der Waals surface area contributed by atoms with E-state index in [9.17, 15) is 4.79 Å². The Labute approximate surface area is 219 Å². The van der Waals surface area contributed by atoms with Crippen LogP contribution in [-0.2, 0) is 30.3 Å². The second kappa shape index (κ2) is 9.37. The Morgan fingerprint density at radius 2 is 1.69 bits per heavy atom. The summed E-state index contributed by atoms with van der Waals surface area (Å²) in [7, 11) is 0. The third-order valence-electron chi connectivity index (χ3n) is 6.54. The van der Waals surface area contributed by atoms with Crippen molar-refractivity contribution in [2.45, 2.75) is 33.1 Å². The van der Waals surface area contributed by atoms with Gasteiger partial charge in [-0.3, -0.25) is 9.78 Å². The molecule has 0 saturated heterocycles. The SMILES string of the molecule is CC(=O)C=C(C)O.CC1(C)c2c[c-]c(-c3cc4c5c(cccc5n3)C=C4)cc2-c2ccccc21.[Ir]. The number of aliphatic hydroxyl groups excluding tert-OH is 1. The summed E-state index contributed by atoms with van der Waals surface area (Å²) in [5.74, 6) is -0.0625. The van der Waals surface area contributed by atoms with Gasteiger partial charge in [-0.1, -0.05) is 74.0 Å². The number of benzene rings is 3. The Kier molecular flexibility index (Phi) is 6.64. The number of nitrogens with zero attached hydrogens (tertiary/aromatic N) is 1. The summed E-state index contributed by atoms with van der Waals surface area (Å²) >= 11 is 0. The quantitative estimate of drug-likeness (QED) is 0.124. The smallest absolute Gasteiger partial charge is 0.155 e. The van der Waals surface area contributed by atoms with E-state index in [1.165, 1.54) is 58.7 Å². The maximum Gasteiger partial charge on any atom is 0.155 e. The zero-order chi connectivity index (χ0) is 24.0. The molecule has 0 saturated carbocycles.